The summed E-state index contributed by atoms with van der Waals surface area (Å²) < 4.78 is 8.34. The number of rotatable bonds is 4. The molecule has 1 atom stereocenters. The summed E-state index contributed by atoms with van der Waals surface area (Å²) in [5.74, 6) is 2.83. The van der Waals surface area contributed by atoms with Gasteiger partial charge in [0.1, 0.15) is 11.6 Å². The van der Waals surface area contributed by atoms with Crippen LogP contribution in [-0.2, 0) is 18.3 Å². The average molecular weight is 326 g/mol. The van der Waals surface area contributed by atoms with Gasteiger partial charge in [-0.2, -0.15) is 0 Å². The van der Waals surface area contributed by atoms with E-state index < -0.39 is 0 Å². The van der Waals surface area contributed by atoms with Crippen LogP contribution in [0.25, 0.3) is 0 Å². The molecule has 1 aliphatic carbocycles. The second kappa shape index (κ2) is 5.97. The number of hydrogen-bond acceptors (Lipinski definition) is 4. The molecule has 1 aliphatic heterocycles. The van der Waals surface area contributed by atoms with Gasteiger partial charge in [-0.15, -0.1) is 10.2 Å². The molecule has 1 saturated carbocycles. The summed E-state index contributed by atoms with van der Waals surface area (Å²) in [6.07, 6.45) is 2.63. The van der Waals surface area contributed by atoms with Gasteiger partial charge in [0, 0.05) is 25.0 Å². The fourth-order valence-corrected chi connectivity index (χ4v) is 3.42. The molecular formula is C19H26N4O. The van der Waals surface area contributed by atoms with Gasteiger partial charge in [0.2, 0.25) is 0 Å². The van der Waals surface area contributed by atoms with Gasteiger partial charge in [0.15, 0.2) is 0 Å². The molecule has 24 heavy (non-hydrogen) atoms. The Bertz CT molecular complexity index is 705. The van der Waals surface area contributed by atoms with Crippen LogP contribution in [0.4, 0.5) is 0 Å². The zero-order chi connectivity index (χ0) is 16.7. The highest BCUT2D eigenvalue weighted by atomic mass is 16.5. The number of hydrogen-bond donors (Lipinski definition) is 0. The van der Waals surface area contributed by atoms with E-state index in [2.05, 4.69) is 64.8 Å². The topological polar surface area (TPSA) is 43.2 Å². The first kappa shape index (κ1) is 15.8. The summed E-state index contributed by atoms with van der Waals surface area (Å²) in [6.45, 7) is 6.90. The maximum absolute atomic E-state index is 6.15. The number of morpholine rings is 1. The summed E-state index contributed by atoms with van der Waals surface area (Å²) >= 11 is 0. The summed E-state index contributed by atoms with van der Waals surface area (Å²) in [5.41, 5.74) is 1.24. The molecule has 2 heterocycles. The molecule has 1 aromatic carbocycles. The Morgan fingerprint density at radius 1 is 1.17 bits per heavy atom. The third kappa shape index (κ3) is 2.98. The van der Waals surface area contributed by atoms with Gasteiger partial charge in [-0.3, -0.25) is 4.90 Å². The average Bonchev–Trinajstić information content (AvgIpc) is 3.35. The quantitative estimate of drug-likeness (QED) is 0.866. The van der Waals surface area contributed by atoms with Gasteiger partial charge in [-0.1, -0.05) is 30.3 Å². The van der Waals surface area contributed by atoms with Crippen LogP contribution in [0.1, 0.15) is 55.9 Å². The minimum atomic E-state index is -0.00300. The van der Waals surface area contributed by atoms with Crippen molar-refractivity contribution in [2.75, 3.05) is 13.2 Å². The van der Waals surface area contributed by atoms with Gasteiger partial charge in [0.25, 0.3) is 0 Å². The lowest BCUT2D eigenvalue weighted by Gasteiger charge is -2.45. The van der Waals surface area contributed by atoms with Crippen LogP contribution in [-0.4, -0.2) is 38.4 Å². The molecule has 0 amide bonds. The van der Waals surface area contributed by atoms with E-state index in [1.165, 1.54) is 18.4 Å². The monoisotopic (exact) mass is 326 g/mol. The molecule has 5 heteroatoms. The molecule has 128 valence electrons. The Morgan fingerprint density at radius 3 is 2.62 bits per heavy atom. The molecule has 2 aromatic rings. The molecular weight excluding hydrogens is 300 g/mol. The van der Waals surface area contributed by atoms with Gasteiger partial charge >= 0.3 is 0 Å². The zero-order valence-electron chi connectivity index (χ0n) is 14.8. The number of ether oxygens (including phenoxy) is 1. The Kier molecular flexibility index (Phi) is 3.93. The summed E-state index contributed by atoms with van der Waals surface area (Å²) in [7, 11) is 2.10. The van der Waals surface area contributed by atoms with Crippen molar-refractivity contribution in [3.63, 3.8) is 0 Å². The van der Waals surface area contributed by atoms with E-state index >= 15 is 0 Å². The normalized spacial score (nSPS) is 24.2. The molecule has 0 bridgehead atoms. The van der Waals surface area contributed by atoms with Crippen molar-refractivity contribution in [3.8, 4) is 0 Å². The molecule has 1 unspecified atom stereocenters. The highest BCUT2D eigenvalue weighted by Gasteiger charge is 2.37. The maximum Gasteiger partial charge on any atom is 0.146 e. The van der Waals surface area contributed by atoms with Crippen molar-refractivity contribution >= 4 is 0 Å². The van der Waals surface area contributed by atoms with E-state index in [1.807, 2.05) is 6.07 Å². The Morgan fingerprint density at radius 2 is 1.92 bits per heavy atom. The van der Waals surface area contributed by atoms with E-state index in [4.69, 9.17) is 4.74 Å². The molecule has 0 N–H and O–H groups in total. The number of benzene rings is 1. The van der Waals surface area contributed by atoms with E-state index in [0.29, 0.717) is 5.92 Å². The Hall–Kier alpha value is -1.72. The standard InChI is InChI=1S/C19H26N4O/c1-19(2)13-24-16(14-7-5-4-6-8-14)11-23(19)12-17-20-21-18(22(17)3)15-9-10-15/h4-8,15-16H,9-13H2,1-3H3. The lowest BCUT2D eigenvalue weighted by Crippen LogP contribution is -2.53. The molecule has 2 aliphatic rings. The molecule has 5 nitrogen and oxygen atoms in total. The van der Waals surface area contributed by atoms with Crippen LogP contribution in [0.15, 0.2) is 30.3 Å². The van der Waals surface area contributed by atoms with Gasteiger partial charge in [0.05, 0.1) is 19.3 Å². The SMILES string of the molecule is Cn1c(CN2CC(c3ccccc3)OCC2(C)C)nnc1C1CC1. The first-order valence-electron chi connectivity index (χ1n) is 8.84. The fraction of sp³-hybridized carbons (Fsp3) is 0.579. The van der Waals surface area contributed by atoms with E-state index in [0.717, 1.165) is 31.3 Å². The number of nitrogens with zero attached hydrogens (tertiary/aromatic N) is 4. The Labute approximate surface area is 143 Å². The van der Waals surface area contributed by atoms with Crippen molar-refractivity contribution in [3.05, 3.63) is 47.5 Å². The minimum Gasteiger partial charge on any atom is -0.370 e. The van der Waals surface area contributed by atoms with Gasteiger partial charge in [-0.25, -0.2) is 0 Å². The summed E-state index contributed by atoms with van der Waals surface area (Å²) in [6, 6.07) is 10.5. The first-order chi connectivity index (χ1) is 11.5. The van der Waals surface area contributed by atoms with Crippen molar-refractivity contribution in [1.29, 1.82) is 0 Å². The molecule has 0 radical (unpaired) electrons. The van der Waals surface area contributed by atoms with Crippen LogP contribution in [0.2, 0.25) is 0 Å². The second-order valence-electron chi connectivity index (χ2n) is 7.71. The van der Waals surface area contributed by atoms with Crippen molar-refractivity contribution in [2.24, 2.45) is 7.05 Å². The van der Waals surface area contributed by atoms with E-state index in [1.54, 1.807) is 0 Å². The van der Waals surface area contributed by atoms with Crippen LogP contribution in [0.5, 0.6) is 0 Å². The highest BCUT2D eigenvalue weighted by molar-refractivity contribution is 5.19. The fourth-order valence-electron chi connectivity index (χ4n) is 3.42. The smallest absolute Gasteiger partial charge is 0.146 e. The van der Waals surface area contributed by atoms with Crippen LogP contribution in [0, 0.1) is 0 Å². The van der Waals surface area contributed by atoms with Gasteiger partial charge < -0.3 is 9.30 Å². The lowest BCUT2D eigenvalue weighted by molar-refractivity contribution is -0.105. The first-order valence-corrected chi connectivity index (χ1v) is 8.84. The molecule has 1 saturated heterocycles. The summed E-state index contributed by atoms with van der Waals surface area (Å²) in [5, 5.41) is 8.89. The van der Waals surface area contributed by atoms with Gasteiger partial charge in [-0.05, 0) is 32.3 Å². The largest absolute Gasteiger partial charge is 0.370 e. The second-order valence-corrected chi connectivity index (χ2v) is 7.71. The van der Waals surface area contributed by atoms with E-state index in [-0.39, 0.29) is 11.6 Å². The maximum atomic E-state index is 6.15. The van der Waals surface area contributed by atoms with E-state index in [9.17, 15) is 0 Å². The van der Waals surface area contributed by atoms with Crippen LogP contribution >= 0.6 is 0 Å². The predicted molar refractivity (Wildman–Crippen MR) is 92.6 cm³/mol. The minimum absolute atomic E-state index is 0.00300. The Balaban J connectivity index is 1.53. The molecule has 1 aromatic heterocycles. The van der Waals surface area contributed by atoms with Crippen molar-refractivity contribution in [1.82, 2.24) is 19.7 Å². The van der Waals surface area contributed by atoms with Crippen molar-refractivity contribution in [2.45, 2.75) is 50.8 Å². The third-order valence-electron chi connectivity index (χ3n) is 5.32. The highest BCUT2D eigenvalue weighted by Crippen LogP contribution is 2.39. The molecule has 2 fully saturated rings. The number of aromatic nitrogens is 3. The molecule has 0 spiro atoms. The predicted octanol–water partition coefficient (Wildman–Crippen LogP) is 3.04. The van der Waals surface area contributed by atoms with Crippen molar-refractivity contribution < 1.29 is 4.74 Å². The van der Waals surface area contributed by atoms with Crippen LogP contribution < -0.4 is 0 Å². The van der Waals surface area contributed by atoms with Crippen LogP contribution in [0.3, 0.4) is 0 Å². The lowest BCUT2D eigenvalue weighted by atomic mass is 9.98. The molecule has 4 rings (SSSR count). The zero-order valence-corrected chi connectivity index (χ0v) is 14.8. The summed E-state index contributed by atoms with van der Waals surface area (Å²) in [4.78, 5) is 2.48. The third-order valence-corrected chi connectivity index (χ3v) is 5.32.